The van der Waals surface area contributed by atoms with E-state index in [0.29, 0.717) is 17.4 Å². The Morgan fingerprint density at radius 3 is 2.55 bits per heavy atom. The molecular weight excluding hydrogens is 327 g/mol. The topological polar surface area (TPSA) is 80.0 Å². The lowest BCUT2D eigenvalue weighted by Gasteiger charge is -2.27. The minimum atomic E-state index is 0. The second-order valence-corrected chi connectivity index (χ2v) is 5.09. The monoisotopic (exact) mass is 346 g/mol. The van der Waals surface area contributed by atoms with E-state index in [-0.39, 0.29) is 30.7 Å². The van der Waals surface area contributed by atoms with Crippen molar-refractivity contribution in [1.82, 2.24) is 25.4 Å². The van der Waals surface area contributed by atoms with Crippen LogP contribution in [-0.2, 0) is 0 Å². The fourth-order valence-electron chi connectivity index (χ4n) is 2.06. The number of aromatic nitrogens is 4. The second-order valence-electron chi connectivity index (χ2n) is 5.09. The standard InChI is InChI=1S/C13H18N6O.2ClH/c1-9(2)12-17-11(18-20-12)10-3-4-15-13(16-10)19-7-5-14-6-8-19;;/h3-4,9,14H,5-8H2,1-2H3;2*1H. The van der Waals surface area contributed by atoms with Crippen LogP contribution in [0.1, 0.15) is 25.7 Å². The minimum Gasteiger partial charge on any atom is -0.339 e. The highest BCUT2D eigenvalue weighted by Crippen LogP contribution is 2.19. The summed E-state index contributed by atoms with van der Waals surface area (Å²) in [5.74, 6) is 2.08. The average molecular weight is 347 g/mol. The summed E-state index contributed by atoms with van der Waals surface area (Å²) in [4.78, 5) is 15.4. The smallest absolute Gasteiger partial charge is 0.229 e. The zero-order valence-electron chi connectivity index (χ0n) is 12.5. The third-order valence-electron chi connectivity index (χ3n) is 3.21. The lowest BCUT2D eigenvalue weighted by molar-refractivity contribution is 0.365. The van der Waals surface area contributed by atoms with Crippen molar-refractivity contribution < 1.29 is 4.52 Å². The molecule has 3 rings (SSSR count). The SMILES string of the molecule is CC(C)c1nc(-c2ccnc(N3CCNCC3)n2)no1.Cl.Cl. The Kier molecular flexibility index (Phi) is 6.99. The molecule has 7 nitrogen and oxygen atoms in total. The first-order chi connectivity index (χ1) is 9.74. The molecule has 0 saturated carbocycles. The Morgan fingerprint density at radius 2 is 1.91 bits per heavy atom. The van der Waals surface area contributed by atoms with Gasteiger partial charge in [0.15, 0.2) is 0 Å². The summed E-state index contributed by atoms with van der Waals surface area (Å²) in [5.41, 5.74) is 0.698. The van der Waals surface area contributed by atoms with Crippen LogP contribution in [0.25, 0.3) is 11.5 Å². The lowest BCUT2D eigenvalue weighted by atomic mass is 10.2. The van der Waals surface area contributed by atoms with Gasteiger partial charge in [-0.05, 0) is 6.07 Å². The number of halogens is 2. The lowest BCUT2D eigenvalue weighted by Crippen LogP contribution is -2.44. The summed E-state index contributed by atoms with van der Waals surface area (Å²) in [7, 11) is 0. The predicted octanol–water partition coefficient (Wildman–Crippen LogP) is 1.90. The summed E-state index contributed by atoms with van der Waals surface area (Å²) < 4.78 is 5.22. The summed E-state index contributed by atoms with van der Waals surface area (Å²) in [6.45, 7) is 7.76. The van der Waals surface area contributed by atoms with Crippen molar-refractivity contribution in [3.63, 3.8) is 0 Å². The largest absolute Gasteiger partial charge is 0.339 e. The van der Waals surface area contributed by atoms with Crippen molar-refractivity contribution in [2.45, 2.75) is 19.8 Å². The van der Waals surface area contributed by atoms with Gasteiger partial charge in [-0.25, -0.2) is 9.97 Å². The molecule has 1 aliphatic rings. The van der Waals surface area contributed by atoms with E-state index < -0.39 is 0 Å². The van der Waals surface area contributed by atoms with Crippen molar-refractivity contribution in [1.29, 1.82) is 0 Å². The molecule has 0 bridgehead atoms. The van der Waals surface area contributed by atoms with Crippen LogP contribution in [-0.4, -0.2) is 46.3 Å². The van der Waals surface area contributed by atoms with Gasteiger partial charge in [-0.2, -0.15) is 4.98 Å². The molecule has 1 aliphatic heterocycles. The van der Waals surface area contributed by atoms with Gasteiger partial charge >= 0.3 is 0 Å². The van der Waals surface area contributed by atoms with Crippen LogP contribution in [0.5, 0.6) is 0 Å². The number of piperazine rings is 1. The first-order valence-corrected chi connectivity index (χ1v) is 6.87. The fraction of sp³-hybridized carbons (Fsp3) is 0.538. The third kappa shape index (κ3) is 4.06. The summed E-state index contributed by atoms with van der Waals surface area (Å²) in [6.07, 6.45) is 1.74. The van der Waals surface area contributed by atoms with Gasteiger partial charge in [0, 0.05) is 38.3 Å². The van der Waals surface area contributed by atoms with Gasteiger partial charge in [0.2, 0.25) is 17.7 Å². The second kappa shape index (κ2) is 8.26. The van der Waals surface area contributed by atoms with Crippen molar-refractivity contribution in [3.05, 3.63) is 18.2 Å². The molecule has 0 unspecified atom stereocenters. The summed E-state index contributed by atoms with van der Waals surface area (Å²) >= 11 is 0. The van der Waals surface area contributed by atoms with E-state index in [0.717, 1.165) is 32.1 Å². The quantitative estimate of drug-likeness (QED) is 0.908. The average Bonchev–Trinajstić information content (AvgIpc) is 2.98. The van der Waals surface area contributed by atoms with Gasteiger partial charge in [-0.1, -0.05) is 19.0 Å². The molecule has 122 valence electrons. The van der Waals surface area contributed by atoms with Crippen LogP contribution in [0.15, 0.2) is 16.8 Å². The Labute approximate surface area is 141 Å². The first-order valence-electron chi connectivity index (χ1n) is 6.87. The molecule has 2 aromatic heterocycles. The summed E-state index contributed by atoms with van der Waals surface area (Å²) in [5, 5.41) is 7.30. The Hall–Kier alpha value is -1.44. The molecular formula is C13H20Cl2N6O. The zero-order valence-corrected chi connectivity index (χ0v) is 14.2. The molecule has 0 aromatic carbocycles. The number of rotatable bonds is 3. The Bertz CT molecular complexity index is 585. The highest BCUT2D eigenvalue weighted by Gasteiger charge is 2.16. The minimum absolute atomic E-state index is 0. The van der Waals surface area contributed by atoms with Crippen molar-refractivity contribution in [2.75, 3.05) is 31.1 Å². The molecule has 2 aromatic rings. The third-order valence-corrected chi connectivity index (χ3v) is 3.21. The number of hydrogen-bond acceptors (Lipinski definition) is 7. The zero-order chi connectivity index (χ0) is 13.9. The van der Waals surface area contributed by atoms with Crippen LogP contribution in [0, 0.1) is 0 Å². The molecule has 0 radical (unpaired) electrons. The normalized spacial score (nSPS) is 14.4. The molecule has 0 spiro atoms. The maximum Gasteiger partial charge on any atom is 0.229 e. The van der Waals surface area contributed by atoms with Gasteiger partial charge in [-0.15, -0.1) is 24.8 Å². The summed E-state index contributed by atoms with van der Waals surface area (Å²) in [6, 6.07) is 1.81. The molecule has 1 saturated heterocycles. The molecule has 22 heavy (non-hydrogen) atoms. The van der Waals surface area contributed by atoms with E-state index in [2.05, 4.69) is 30.3 Å². The molecule has 0 aliphatic carbocycles. The van der Waals surface area contributed by atoms with Gasteiger partial charge in [0.25, 0.3) is 0 Å². The van der Waals surface area contributed by atoms with Crippen LogP contribution in [0.3, 0.4) is 0 Å². The molecule has 1 fully saturated rings. The molecule has 1 N–H and O–H groups in total. The van der Waals surface area contributed by atoms with Gasteiger partial charge < -0.3 is 14.7 Å². The van der Waals surface area contributed by atoms with E-state index in [1.165, 1.54) is 0 Å². The fourth-order valence-corrected chi connectivity index (χ4v) is 2.06. The van der Waals surface area contributed by atoms with Crippen molar-refractivity contribution in [3.8, 4) is 11.5 Å². The molecule has 0 amide bonds. The first kappa shape index (κ1) is 18.6. The van der Waals surface area contributed by atoms with Crippen LogP contribution in [0.2, 0.25) is 0 Å². The van der Waals surface area contributed by atoms with E-state index in [4.69, 9.17) is 4.52 Å². The van der Waals surface area contributed by atoms with Gasteiger partial charge in [-0.3, -0.25) is 0 Å². The van der Waals surface area contributed by atoms with Crippen LogP contribution < -0.4 is 10.2 Å². The highest BCUT2D eigenvalue weighted by atomic mass is 35.5. The van der Waals surface area contributed by atoms with Gasteiger partial charge in [0.1, 0.15) is 5.69 Å². The highest BCUT2D eigenvalue weighted by molar-refractivity contribution is 5.85. The van der Waals surface area contributed by atoms with E-state index in [1.807, 2.05) is 13.8 Å². The number of hydrogen-bond donors (Lipinski definition) is 1. The maximum atomic E-state index is 5.22. The van der Waals surface area contributed by atoms with Crippen LogP contribution in [0.4, 0.5) is 5.95 Å². The Morgan fingerprint density at radius 1 is 1.18 bits per heavy atom. The van der Waals surface area contributed by atoms with Crippen LogP contribution >= 0.6 is 24.8 Å². The molecule has 3 heterocycles. The van der Waals surface area contributed by atoms with E-state index in [9.17, 15) is 0 Å². The molecule has 9 heteroatoms. The van der Waals surface area contributed by atoms with E-state index in [1.54, 1.807) is 12.3 Å². The van der Waals surface area contributed by atoms with E-state index >= 15 is 0 Å². The van der Waals surface area contributed by atoms with Crippen molar-refractivity contribution >= 4 is 30.8 Å². The Balaban J connectivity index is 0.00000121. The molecule has 0 atom stereocenters. The predicted molar refractivity (Wildman–Crippen MR) is 89.0 cm³/mol. The van der Waals surface area contributed by atoms with Crippen molar-refractivity contribution in [2.24, 2.45) is 0 Å². The maximum absolute atomic E-state index is 5.22. The number of nitrogens with one attached hydrogen (secondary N) is 1. The van der Waals surface area contributed by atoms with Gasteiger partial charge in [0.05, 0.1) is 0 Å². The number of nitrogens with zero attached hydrogens (tertiary/aromatic N) is 5. The number of anilines is 1.